The van der Waals surface area contributed by atoms with Crippen LogP contribution in [0.15, 0.2) is 12.0 Å². The van der Waals surface area contributed by atoms with Crippen LogP contribution in [0.2, 0.25) is 0 Å². The summed E-state index contributed by atoms with van der Waals surface area (Å²) in [7, 11) is -51.6. The second-order valence-corrected chi connectivity index (χ2v) is 44.6. The lowest BCUT2D eigenvalue weighted by Crippen LogP contribution is -2.73. The molecule has 1 unspecified atom stereocenters. The zero-order chi connectivity index (χ0) is 106. The molecule has 0 bridgehead atoms. The average molecular weight is 2190 g/mol. The summed E-state index contributed by atoms with van der Waals surface area (Å²) < 4.78 is 584. The molecule has 0 aliphatic rings. The van der Waals surface area contributed by atoms with Crippen LogP contribution in [0.3, 0.4) is 0 Å². The third-order valence-electron chi connectivity index (χ3n) is 13.7. The molecule has 0 saturated heterocycles. The highest BCUT2D eigenvalue weighted by Crippen LogP contribution is 2.62. The zero-order valence-corrected chi connectivity index (χ0v) is 80.5. The Labute approximate surface area is 736 Å². The standard InChI is InChI=1S/C12H26O3S.C8H4F14O3S.2C8H18O3S.C6H14O3S.C4H4F6O3S.C4H10O3S.C3H8O4S.C2H6O3S.C2H4O3S.2CH4O3S/c1-2-3-4-5-6-7-8-9-10-11-12-16(13,14)15;1-2(9,10)3(11,12)4(13,14)5(15,16)6(17,18)7(19,20)8(21,22)26(23,24)25;1-3-5-6-8(4-2)7-12(9,10)11;1-2-3-4-5-6-7-8-12(9,10)11;1-2-3-4-5-6-10(7,8)9;1-2(5,6)3(7,8)4(9,10)14(11,12)13;1-2-3-4-8(5,6)7;4-2-1-3-8(5,6)7;2*1-2-6(3,4)5;2*1-5(2,3)4/h2-12H2,1H3,(H,13,14,15);1H3,(H,23,24,25);8H,3-7H2,1-2H3,(H,9,10,11);2-8H2,1H3,(H,9,10,11);2-6H2,1H3,(H,7,8,9);1H3,(H,11,12,13);2-4H2,1H3,(H,5,6,7);4H,1-3H2,(H,5,6,7);2H2,1H3,(H,3,4,5);2H,1H2,(H,3,4,5);2*1H3,(H,2,3,4). The fourth-order valence-electron chi connectivity index (χ4n) is 6.95. The SMILES string of the molecule is C=CS(=O)(=O)O.CC(F)(F)C(F)(F)C(F)(F)C(F)(F)C(F)(F)C(F)(F)C(F)(F)S(=O)(=O)O.CC(F)(F)C(F)(F)C(F)(F)S(=O)(=O)O.CCCCC(CC)CS(=O)(=O)O.CCCCCCCCCCCCS(=O)(=O)O.CCCCCCCCS(=O)(=O)O.CCCCCCS(=O)(=O)O.CCCCS(=O)(=O)O.CCS(=O)(=O)O.CS(=O)(=O)O.CS(=O)(=O)O.O=S(=O)(O)CCCO. The predicted molar refractivity (Wildman–Crippen MR) is 430 cm³/mol. The van der Waals surface area contributed by atoms with Gasteiger partial charge < -0.3 is 5.11 Å². The molecular weight excluding hydrogens is 2070 g/mol. The Morgan fingerprint density at radius 2 is 0.461 bits per heavy atom. The van der Waals surface area contributed by atoms with Gasteiger partial charge in [-0.1, -0.05) is 183 Å². The van der Waals surface area contributed by atoms with Gasteiger partial charge in [0.05, 0.1) is 58.2 Å². The first-order chi connectivity index (χ1) is 55.9. The van der Waals surface area contributed by atoms with E-state index in [0.717, 1.165) is 77.0 Å². The first-order valence-electron chi connectivity index (χ1n) is 36.4. The molecule has 0 rings (SSSR count). The van der Waals surface area contributed by atoms with Crippen LogP contribution in [0.5, 0.6) is 0 Å². The van der Waals surface area contributed by atoms with Crippen molar-refractivity contribution in [3.63, 3.8) is 0 Å². The maximum Gasteiger partial charge on any atom is 0.438 e. The summed E-state index contributed by atoms with van der Waals surface area (Å²) in [4.78, 5) is 0. The largest absolute Gasteiger partial charge is 0.438 e. The van der Waals surface area contributed by atoms with E-state index in [1.165, 1.54) is 71.1 Å². The first kappa shape index (κ1) is 151. The summed E-state index contributed by atoms with van der Waals surface area (Å²) in [5.74, 6) is -59.1. The highest BCUT2D eigenvalue weighted by molar-refractivity contribution is 7.89. The highest BCUT2D eigenvalue weighted by Gasteiger charge is 2.94. The topological polar surface area (TPSA) is 673 Å². The molecule has 13 N–H and O–H groups in total. The Balaban J connectivity index is -0.000000119. The molecule has 0 radical (unpaired) electrons. The van der Waals surface area contributed by atoms with Gasteiger partial charge in [0.15, 0.2) is 0 Å². The number of hydrogen-bond acceptors (Lipinski definition) is 25. The lowest BCUT2D eigenvalue weighted by molar-refractivity contribution is -0.434. The molecule has 0 amide bonds. The van der Waals surface area contributed by atoms with Crippen LogP contribution in [0.4, 0.5) is 87.8 Å². The van der Waals surface area contributed by atoms with Crippen LogP contribution >= 0.6 is 0 Å². The van der Waals surface area contributed by atoms with Crippen molar-refractivity contribution in [2.75, 3.05) is 59.4 Å². The van der Waals surface area contributed by atoms with E-state index in [9.17, 15) is 189 Å². The Morgan fingerprint density at radius 3 is 0.617 bits per heavy atom. The van der Waals surface area contributed by atoms with Gasteiger partial charge in [0.2, 0.25) is 0 Å². The number of rotatable bonds is 47. The van der Waals surface area contributed by atoms with Gasteiger partial charge >= 0.3 is 78.1 Å². The van der Waals surface area contributed by atoms with Crippen LogP contribution in [0.1, 0.15) is 236 Å². The molecule has 0 aromatic heterocycles. The summed E-state index contributed by atoms with van der Waals surface area (Å²) in [5, 5.41) is -5.32. The molecule has 0 fully saturated rings. The fourth-order valence-corrected chi connectivity index (χ4v) is 11.8. The van der Waals surface area contributed by atoms with E-state index in [1.807, 2.05) is 20.8 Å². The molecule has 37 nitrogen and oxygen atoms in total. The molecule has 0 aromatic carbocycles. The maximum atomic E-state index is 13.0. The summed E-state index contributed by atoms with van der Waals surface area (Å²) in [6.45, 7) is 14.4. The van der Waals surface area contributed by atoms with Gasteiger partial charge in [-0.2, -0.15) is 189 Å². The van der Waals surface area contributed by atoms with Crippen molar-refractivity contribution in [3.05, 3.63) is 12.0 Å². The third kappa shape index (κ3) is 89.7. The quantitative estimate of drug-likeness (QED) is 0.0153. The van der Waals surface area contributed by atoms with Crippen LogP contribution in [0, 0.1) is 5.92 Å². The minimum atomic E-state index is -8.38. The molecule has 0 aliphatic carbocycles. The maximum absolute atomic E-state index is 13.0. The minimum absolute atomic E-state index is 0.0799. The molecule has 0 aromatic rings. The zero-order valence-electron chi connectivity index (χ0n) is 70.7. The van der Waals surface area contributed by atoms with Crippen LogP contribution in [-0.4, -0.2) is 278 Å². The normalized spacial score (nSPS) is 13.4. The second-order valence-electron chi connectivity index (χ2n) is 26.3. The minimum Gasteiger partial charge on any atom is -0.396 e. The molecule has 0 spiro atoms. The molecule has 0 saturated carbocycles. The van der Waals surface area contributed by atoms with E-state index in [0.29, 0.717) is 43.6 Å². The van der Waals surface area contributed by atoms with Crippen molar-refractivity contribution >= 4 is 121 Å². The number of hydrogen-bond donors (Lipinski definition) is 13. The van der Waals surface area contributed by atoms with Crippen molar-refractivity contribution in [3.8, 4) is 0 Å². The Morgan fingerprint density at radius 1 is 0.273 bits per heavy atom. The lowest BCUT2D eigenvalue weighted by atomic mass is 9.92. The van der Waals surface area contributed by atoms with Gasteiger partial charge in [0, 0.05) is 20.5 Å². The van der Waals surface area contributed by atoms with E-state index < -0.39 is 193 Å². The van der Waals surface area contributed by atoms with Crippen LogP contribution in [0.25, 0.3) is 0 Å². The van der Waals surface area contributed by atoms with E-state index in [-0.39, 0.29) is 59.2 Å². The molecule has 0 aliphatic heterocycles. The van der Waals surface area contributed by atoms with Crippen LogP contribution in [-0.2, 0) is 121 Å². The van der Waals surface area contributed by atoms with Crippen molar-refractivity contribution < 1.29 is 249 Å². The third-order valence-corrected chi connectivity index (χ3v) is 21.6. The summed E-state index contributed by atoms with van der Waals surface area (Å²) in [6.07, 6.45) is 28.0. The van der Waals surface area contributed by atoms with E-state index in [4.69, 9.17) is 59.7 Å². The first-order valence-corrected chi connectivity index (χ1v) is 55.7. The smallest absolute Gasteiger partial charge is 0.396 e. The monoisotopic (exact) mass is 2180 g/mol. The fraction of sp³-hybridized carbons (Fsp3) is 0.966. The Bertz CT molecular complexity index is 4340. The van der Waals surface area contributed by atoms with Crippen molar-refractivity contribution in [1.82, 2.24) is 0 Å². The molecule has 0 heterocycles. The van der Waals surface area contributed by atoms with Crippen molar-refractivity contribution in [1.29, 1.82) is 0 Å². The highest BCUT2D eigenvalue weighted by atomic mass is 32.3. The number of unbranched alkanes of at least 4 members (excludes halogenated alkanes) is 19. The number of alkyl halides is 20. The van der Waals surface area contributed by atoms with E-state index in [2.05, 4.69) is 27.4 Å². The van der Waals surface area contributed by atoms with Gasteiger partial charge in [-0.3, -0.25) is 54.6 Å². The molecule has 1 atom stereocenters. The second kappa shape index (κ2) is 66.6. The molecule has 128 heavy (non-hydrogen) atoms. The average Bonchev–Trinajstić information content (AvgIpc) is 0.695. The predicted octanol–water partition coefficient (Wildman–Crippen LogP) is 14.5. The van der Waals surface area contributed by atoms with Crippen molar-refractivity contribution in [2.45, 2.75) is 294 Å². The number of aliphatic hydroxyl groups is 1. The van der Waals surface area contributed by atoms with Crippen LogP contribution < -0.4 is 0 Å². The Kier molecular flexibility index (Phi) is 78.5. The summed E-state index contributed by atoms with van der Waals surface area (Å²) >= 11 is 0. The lowest BCUT2D eigenvalue weighted by Gasteiger charge is -2.41. The van der Waals surface area contributed by atoms with Gasteiger partial charge in [-0.15, -0.1) is 0 Å². The van der Waals surface area contributed by atoms with Gasteiger partial charge in [0.25, 0.3) is 101 Å². The van der Waals surface area contributed by atoms with Gasteiger partial charge in [0.1, 0.15) is 0 Å². The summed E-state index contributed by atoms with van der Waals surface area (Å²) in [6, 6.07) is 0. The van der Waals surface area contributed by atoms with E-state index >= 15 is 0 Å². The molecule has 790 valence electrons. The van der Waals surface area contributed by atoms with Gasteiger partial charge in [-0.25, -0.2) is 0 Å². The van der Waals surface area contributed by atoms with E-state index in [1.54, 1.807) is 0 Å². The Hall–Kier alpha value is -2.78. The molecule has 69 heteroatoms. The number of aliphatic hydroxyl groups excluding tert-OH is 1. The molecular formula is C59H120F20O37S12. The number of halogens is 20. The van der Waals surface area contributed by atoms with Crippen molar-refractivity contribution in [2.24, 2.45) is 5.92 Å². The van der Waals surface area contributed by atoms with Gasteiger partial charge in [-0.05, 0) is 51.4 Å². The summed E-state index contributed by atoms with van der Waals surface area (Å²) in [5.41, 5.74) is 0.